The molecule has 2 amide bonds. The number of carbonyl (C=O) groups is 1. The Morgan fingerprint density at radius 2 is 2.00 bits per heavy atom. The zero-order valence-corrected chi connectivity index (χ0v) is 9.84. The maximum Gasteiger partial charge on any atom is 0.325 e. The fourth-order valence-electron chi connectivity index (χ4n) is 1.21. The molecule has 1 aromatic carbocycles. The summed E-state index contributed by atoms with van der Waals surface area (Å²) in [6.45, 7) is 1.90. The van der Waals surface area contributed by atoms with Crippen LogP contribution in [0, 0.1) is 12.7 Å². The lowest BCUT2D eigenvalue weighted by molar-refractivity contribution is 0.262. The molecule has 0 spiro atoms. The highest BCUT2D eigenvalue weighted by Crippen LogP contribution is 2.17. The maximum absolute atomic E-state index is 12.6. The second-order valence-electron chi connectivity index (χ2n) is 3.36. The first kappa shape index (κ1) is 11.5. The lowest BCUT2D eigenvalue weighted by Crippen LogP contribution is -2.19. The van der Waals surface area contributed by atoms with Gasteiger partial charge in [-0.25, -0.2) is 14.2 Å². The number of benzene rings is 1. The highest BCUT2D eigenvalue weighted by Gasteiger charge is 2.05. The van der Waals surface area contributed by atoms with Gasteiger partial charge in [-0.3, -0.25) is 5.32 Å². The summed E-state index contributed by atoms with van der Waals surface area (Å²) in [5.74, 6) is -0.341. The number of hydrogen-bond donors (Lipinski definition) is 2. The monoisotopic (exact) mass is 251 g/mol. The van der Waals surface area contributed by atoms with Gasteiger partial charge in [0.1, 0.15) is 5.82 Å². The molecular weight excluding hydrogens is 241 g/mol. The molecule has 2 N–H and O–H groups in total. The van der Waals surface area contributed by atoms with Crippen LogP contribution in [0.4, 0.5) is 20.0 Å². The van der Waals surface area contributed by atoms with Crippen molar-refractivity contribution >= 4 is 28.2 Å². The highest BCUT2D eigenvalue weighted by molar-refractivity contribution is 7.15. The van der Waals surface area contributed by atoms with Crippen molar-refractivity contribution in [2.24, 2.45) is 0 Å². The van der Waals surface area contributed by atoms with Crippen LogP contribution in [0.1, 0.15) is 4.88 Å². The summed E-state index contributed by atoms with van der Waals surface area (Å²) in [5, 5.41) is 5.70. The van der Waals surface area contributed by atoms with Crippen molar-refractivity contribution in [2.45, 2.75) is 6.92 Å². The number of nitrogens with zero attached hydrogens (tertiary/aromatic N) is 1. The van der Waals surface area contributed by atoms with Gasteiger partial charge in [0.05, 0.1) is 0 Å². The van der Waals surface area contributed by atoms with Crippen molar-refractivity contribution in [1.29, 1.82) is 0 Å². The van der Waals surface area contributed by atoms with Gasteiger partial charge in [-0.05, 0) is 31.2 Å². The normalized spacial score (nSPS) is 10.0. The van der Waals surface area contributed by atoms with Gasteiger partial charge in [0.25, 0.3) is 0 Å². The molecule has 0 saturated heterocycles. The van der Waals surface area contributed by atoms with Crippen LogP contribution in [-0.2, 0) is 0 Å². The number of urea groups is 1. The Kier molecular flexibility index (Phi) is 3.34. The Morgan fingerprint density at radius 1 is 1.29 bits per heavy atom. The Balaban J connectivity index is 1.95. The van der Waals surface area contributed by atoms with E-state index in [-0.39, 0.29) is 5.82 Å². The Bertz CT molecular complexity index is 524. The Hall–Kier alpha value is -1.95. The van der Waals surface area contributed by atoms with Crippen molar-refractivity contribution < 1.29 is 9.18 Å². The zero-order valence-electron chi connectivity index (χ0n) is 9.03. The van der Waals surface area contributed by atoms with E-state index in [1.54, 1.807) is 6.20 Å². The molecule has 0 saturated carbocycles. The molecule has 1 aromatic heterocycles. The van der Waals surface area contributed by atoms with Crippen LogP contribution in [0.2, 0.25) is 0 Å². The number of aryl methyl sites for hydroxylation is 1. The van der Waals surface area contributed by atoms with Crippen LogP contribution in [0.15, 0.2) is 30.5 Å². The van der Waals surface area contributed by atoms with Gasteiger partial charge >= 0.3 is 6.03 Å². The number of halogens is 1. The first-order valence-corrected chi connectivity index (χ1v) is 5.71. The third-order valence-corrected chi connectivity index (χ3v) is 2.77. The molecule has 0 aliphatic rings. The maximum atomic E-state index is 12.6. The quantitative estimate of drug-likeness (QED) is 0.860. The van der Waals surface area contributed by atoms with Crippen LogP contribution >= 0.6 is 11.3 Å². The van der Waals surface area contributed by atoms with Gasteiger partial charge in [-0.1, -0.05) is 0 Å². The summed E-state index contributed by atoms with van der Waals surface area (Å²) in [4.78, 5) is 16.5. The van der Waals surface area contributed by atoms with E-state index in [1.807, 2.05) is 6.92 Å². The van der Waals surface area contributed by atoms with E-state index in [1.165, 1.54) is 35.6 Å². The molecule has 88 valence electrons. The third kappa shape index (κ3) is 3.25. The third-order valence-electron chi connectivity index (χ3n) is 1.94. The van der Waals surface area contributed by atoms with E-state index in [0.717, 1.165) is 4.88 Å². The predicted molar refractivity (Wildman–Crippen MR) is 65.9 cm³/mol. The van der Waals surface area contributed by atoms with E-state index < -0.39 is 6.03 Å². The topological polar surface area (TPSA) is 54.0 Å². The minimum atomic E-state index is -0.397. The van der Waals surface area contributed by atoms with E-state index in [4.69, 9.17) is 0 Å². The molecule has 6 heteroatoms. The summed E-state index contributed by atoms with van der Waals surface area (Å²) < 4.78 is 12.6. The van der Waals surface area contributed by atoms with Crippen molar-refractivity contribution in [3.8, 4) is 0 Å². The molecular formula is C11H10FN3OS. The van der Waals surface area contributed by atoms with Crippen LogP contribution in [-0.4, -0.2) is 11.0 Å². The van der Waals surface area contributed by atoms with Crippen molar-refractivity contribution in [3.05, 3.63) is 41.2 Å². The highest BCUT2D eigenvalue weighted by atomic mass is 32.1. The second-order valence-corrected chi connectivity index (χ2v) is 4.60. The predicted octanol–water partition coefficient (Wildman–Crippen LogP) is 3.23. The van der Waals surface area contributed by atoms with Crippen LogP contribution in [0.5, 0.6) is 0 Å². The van der Waals surface area contributed by atoms with E-state index >= 15 is 0 Å². The Labute approximate surface area is 102 Å². The fourth-order valence-corrected chi connectivity index (χ4v) is 1.86. The summed E-state index contributed by atoms with van der Waals surface area (Å²) in [5.41, 5.74) is 0.525. The van der Waals surface area contributed by atoms with Crippen LogP contribution < -0.4 is 10.6 Å². The van der Waals surface area contributed by atoms with Gasteiger partial charge in [0.15, 0.2) is 5.13 Å². The average molecular weight is 251 g/mol. The SMILES string of the molecule is Cc1cnc(NC(=O)Nc2ccc(F)cc2)s1. The summed E-state index contributed by atoms with van der Waals surface area (Å²) >= 11 is 1.39. The number of nitrogens with one attached hydrogen (secondary N) is 2. The molecule has 0 radical (unpaired) electrons. The van der Waals surface area contributed by atoms with Gasteiger partial charge in [0, 0.05) is 16.8 Å². The number of carbonyl (C=O) groups excluding carboxylic acids is 1. The first-order chi connectivity index (χ1) is 8.13. The number of rotatable bonds is 2. The average Bonchev–Trinajstić information content (AvgIpc) is 2.67. The molecule has 0 unspecified atom stereocenters. The minimum absolute atomic E-state index is 0.341. The fraction of sp³-hybridized carbons (Fsp3) is 0.0909. The van der Waals surface area contributed by atoms with Gasteiger partial charge in [-0.2, -0.15) is 0 Å². The summed E-state index contributed by atoms with van der Waals surface area (Å²) in [7, 11) is 0. The molecule has 17 heavy (non-hydrogen) atoms. The minimum Gasteiger partial charge on any atom is -0.308 e. The van der Waals surface area contributed by atoms with E-state index in [9.17, 15) is 9.18 Å². The van der Waals surface area contributed by atoms with Crippen LogP contribution in [0.25, 0.3) is 0 Å². The number of thiazole rings is 1. The standard InChI is InChI=1S/C11H10FN3OS/c1-7-6-13-11(17-7)15-10(16)14-9-4-2-8(12)3-5-9/h2-6H,1H3,(H2,13,14,15,16). The first-order valence-electron chi connectivity index (χ1n) is 4.89. The molecule has 0 bridgehead atoms. The summed E-state index contributed by atoms with van der Waals surface area (Å²) in [6, 6.07) is 5.14. The van der Waals surface area contributed by atoms with Gasteiger partial charge in [0.2, 0.25) is 0 Å². The molecule has 1 heterocycles. The Morgan fingerprint density at radius 3 is 2.59 bits per heavy atom. The second kappa shape index (κ2) is 4.92. The molecule has 0 atom stereocenters. The van der Waals surface area contributed by atoms with Gasteiger partial charge in [-0.15, -0.1) is 11.3 Å². The van der Waals surface area contributed by atoms with E-state index in [0.29, 0.717) is 10.8 Å². The van der Waals surface area contributed by atoms with Gasteiger partial charge < -0.3 is 5.32 Å². The van der Waals surface area contributed by atoms with Crippen LogP contribution in [0.3, 0.4) is 0 Å². The smallest absolute Gasteiger partial charge is 0.308 e. The largest absolute Gasteiger partial charge is 0.325 e. The molecule has 2 aromatic rings. The molecule has 2 rings (SSSR count). The number of amides is 2. The number of anilines is 2. The van der Waals surface area contributed by atoms with Crippen molar-refractivity contribution in [3.63, 3.8) is 0 Å². The lowest BCUT2D eigenvalue weighted by atomic mass is 10.3. The zero-order chi connectivity index (χ0) is 12.3. The van der Waals surface area contributed by atoms with E-state index in [2.05, 4.69) is 15.6 Å². The van der Waals surface area contributed by atoms with Crippen molar-refractivity contribution in [1.82, 2.24) is 4.98 Å². The lowest BCUT2D eigenvalue weighted by Gasteiger charge is -2.04. The van der Waals surface area contributed by atoms with Crippen molar-refractivity contribution in [2.75, 3.05) is 10.6 Å². The molecule has 0 aliphatic heterocycles. The number of hydrogen-bond acceptors (Lipinski definition) is 3. The number of aromatic nitrogens is 1. The summed E-state index contributed by atoms with van der Waals surface area (Å²) in [6.07, 6.45) is 1.68. The molecule has 4 nitrogen and oxygen atoms in total. The molecule has 0 fully saturated rings. The molecule has 0 aliphatic carbocycles.